The number of nitrogens with one attached hydrogen (secondary N) is 1. The quantitative estimate of drug-likeness (QED) is 0.693. The average molecular weight is 190 g/mol. The molecule has 74 valence electrons. The van der Waals surface area contributed by atoms with Gasteiger partial charge in [0, 0.05) is 31.4 Å². The summed E-state index contributed by atoms with van der Waals surface area (Å²) in [6, 6.07) is 3.33. The van der Waals surface area contributed by atoms with Crippen LogP contribution in [0.4, 0.5) is 5.82 Å². The summed E-state index contributed by atoms with van der Waals surface area (Å²) in [6.45, 7) is 4.14. The van der Waals surface area contributed by atoms with E-state index in [4.69, 9.17) is 0 Å². The molecule has 14 heavy (non-hydrogen) atoms. The first-order valence-electron chi connectivity index (χ1n) is 5.12. The maximum Gasteiger partial charge on any atom is 0.132 e. The van der Waals surface area contributed by atoms with E-state index in [0.29, 0.717) is 12.1 Å². The highest BCUT2D eigenvalue weighted by atomic mass is 15.3. The van der Waals surface area contributed by atoms with Gasteiger partial charge in [-0.15, -0.1) is 0 Å². The van der Waals surface area contributed by atoms with Crippen LogP contribution < -0.4 is 10.2 Å². The molecule has 0 aromatic carbocycles. The van der Waals surface area contributed by atoms with E-state index in [0.717, 1.165) is 24.7 Å². The van der Waals surface area contributed by atoms with Crippen LogP contribution in [-0.2, 0) is 0 Å². The summed E-state index contributed by atoms with van der Waals surface area (Å²) in [4.78, 5) is 11.0. The molecule has 3 heterocycles. The smallest absolute Gasteiger partial charge is 0.132 e. The Hall–Kier alpha value is -1.16. The van der Waals surface area contributed by atoms with Crippen LogP contribution in [0.15, 0.2) is 12.3 Å². The number of fused-ring (bicyclic) bond motifs is 2. The molecule has 0 amide bonds. The third-order valence-corrected chi connectivity index (χ3v) is 3.11. The van der Waals surface area contributed by atoms with E-state index >= 15 is 0 Å². The lowest BCUT2D eigenvalue weighted by Gasteiger charge is -2.28. The van der Waals surface area contributed by atoms with Crippen molar-refractivity contribution in [3.8, 4) is 0 Å². The molecular weight excluding hydrogens is 176 g/mol. The van der Waals surface area contributed by atoms with Crippen molar-refractivity contribution in [2.45, 2.75) is 25.4 Å². The predicted molar refractivity (Wildman–Crippen MR) is 54.3 cm³/mol. The molecule has 0 spiro atoms. The minimum atomic E-state index is 0.647. The molecule has 4 heteroatoms. The predicted octanol–water partition coefficient (Wildman–Crippen LogP) is 0.336. The fraction of sp³-hybridized carbons (Fsp3) is 0.600. The molecule has 0 saturated carbocycles. The van der Waals surface area contributed by atoms with Crippen LogP contribution in [-0.4, -0.2) is 35.1 Å². The third-order valence-electron chi connectivity index (χ3n) is 3.11. The lowest BCUT2D eigenvalue weighted by atomic mass is 10.2. The highest BCUT2D eigenvalue weighted by Crippen LogP contribution is 2.27. The SMILES string of the molecule is Cc1nccc(N2CC3CC2CN3)n1. The zero-order valence-electron chi connectivity index (χ0n) is 8.27. The molecule has 1 aromatic rings. The zero-order valence-corrected chi connectivity index (χ0v) is 8.27. The number of nitrogens with zero attached hydrogens (tertiary/aromatic N) is 3. The standard InChI is InChI=1S/C10H14N4/c1-7-11-3-2-10(13-7)14-6-8-4-9(14)5-12-8/h2-3,8-9,12H,4-6H2,1H3. The van der Waals surface area contributed by atoms with Crippen molar-refractivity contribution < 1.29 is 0 Å². The number of anilines is 1. The van der Waals surface area contributed by atoms with E-state index in [1.54, 1.807) is 0 Å². The number of hydrogen-bond acceptors (Lipinski definition) is 4. The Morgan fingerprint density at radius 2 is 2.50 bits per heavy atom. The average Bonchev–Trinajstić information content (AvgIpc) is 2.78. The normalized spacial score (nSPS) is 29.9. The van der Waals surface area contributed by atoms with Crippen LogP contribution in [0.5, 0.6) is 0 Å². The number of aromatic nitrogens is 2. The van der Waals surface area contributed by atoms with Crippen molar-refractivity contribution in [1.29, 1.82) is 0 Å². The van der Waals surface area contributed by atoms with Gasteiger partial charge < -0.3 is 10.2 Å². The summed E-state index contributed by atoms with van der Waals surface area (Å²) in [7, 11) is 0. The van der Waals surface area contributed by atoms with E-state index in [1.165, 1.54) is 6.42 Å². The number of piperazine rings is 1. The van der Waals surface area contributed by atoms with Gasteiger partial charge in [0.15, 0.2) is 0 Å². The van der Waals surface area contributed by atoms with Gasteiger partial charge in [0.2, 0.25) is 0 Å². The van der Waals surface area contributed by atoms with Crippen LogP contribution in [0.1, 0.15) is 12.2 Å². The van der Waals surface area contributed by atoms with Crippen LogP contribution in [0.2, 0.25) is 0 Å². The van der Waals surface area contributed by atoms with Gasteiger partial charge in [-0.3, -0.25) is 0 Å². The summed E-state index contributed by atoms with van der Waals surface area (Å²) in [5, 5.41) is 3.49. The second kappa shape index (κ2) is 2.92. The molecule has 0 aliphatic carbocycles. The van der Waals surface area contributed by atoms with E-state index in [2.05, 4.69) is 20.2 Å². The summed E-state index contributed by atoms with van der Waals surface area (Å²) < 4.78 is 0. The van der Waals surface area contributed by atoms with Gasteiger partial charge in [-0.25, -0.2) is 9.97 Å². The molecule has 3 rings (SSSR count). The van der Waals surface area contributed by atoms with E-state index < -0.39 is 0 Å². The van der Waals surface area contributed by atoms with Crippen LogP contribution in [0, 0.1) is 6.92 Å². The fourth-order valence-electron chi connectivity index (χ4n) is 2.45. The van der Waals surface area contributed by atoms with Gasteiger partial charge in [-0.1, -0.05) is 0 Å². The Morgan fingerprint density at radius 1 is 1.57 bits per heavy atom. The third kappa shape index (κ3) is 1.18. The first kappa shape index (κ1) is 8.17. The van der Waals surface area contributed by atoms with Crippen LogP contribution in [0.3, 0.4) is 0 Å². The Labute approximate surface area is 83.4 Å². The molecule has 2 aliphatic heterocycles. The number of rotatable bonds is 1. The molecule has 1 N–H and O–H groups in total. The first-order valence-corrected chi connectivity index (χ1v) is 5.12. The van der Waals surface area contributed by atoms with Gasteiger partial charge in [-0.05, 0) is 19.4 Å². The largest absolute Gasteiger partial charge is 0.351 e. The van der Waals surface area contributed by atoms with E-state index in [1.807, 2.05) is 19.2 Å². The van der Waals surface area contributed by atoms with Gasteiger partial charge >= 0.3 is 0 Å². The highest BCUT2D eigenvalue weighted by Gasteiger charge is 2.38. The summed E-state index contributed by atoms with van der Waals surface area (Å²) in [5.41, 5.74) is 0. The summed E-state index contributed by atoms with van der Waals surface area (Å²) >= 11 is 0. The minimum Gasteiger partial charge on any atom is -0.351 e. The van der Waals surface area contributed by atoms with Crippen molar-refractivity contribution in [2.24, 2.45) is 0 Å². The maximum atomic E-state index is 4.46. The Kier molecular flexibility index (Phi) is 1.70. The lowest BCUT2D eigenvalue weighted by Crippen LogP contribution is -2.44. The van der Waals surface area contributed by atoms with Gasteiger partial charge in [0.05, 0.1) is 0 Å². The molecule has 2 aliphatic rings. The molecule has 2 saturated heterocycles. The zero-order chi connectivity index (χ0) is 9.54. The van der Waals surface area contributed by atoms with Crippen LogP contribution in [0.25, 0.3) is 0 Å². The monoisotopic (exact) mass is 190 g/mol. The number of aryl methyl sites for hydroxylation is 1. The Bertz CT molecular complexity index is 352. The van der Waals surface area contributed by atoms with E-state index in [9.17, 15) is 0 Å². The molecule has 0 radical (unpaired) electrons. The minimum absolute atomic E-state index is 0.647. The van der Waals surface area contributed by atoms with Gasteiger partial charge in [-0.2, -0.15) is 0 Å². The molecule has 2 unspecified atom stereocenters. The molecule has 2 bridgehead atoms. The van der Waals surface area contributed by atoms with Gasteiger partial charge in [0.25, 0.3) is 0 Å². The molecular formula is C10H14N4. The van der Waals surface area contributed by atoms with Crippen LogP contribution >= 0.6 is 0 Å². The second-order valence-corrected chi connectivity index (χ2v) is 4.11. The van der Waals surface area contributed by atoms with Crippen molar-refractivity contribution in [3.63, 3.8) is 0 Å². The lowest BCUT2D eigenvalue weighted by molar-refractivity contribution is 0.575. The molecule has 4 nitrogen and oxygen atoms in total. The topological polar surface area (TPSA) is 41.1 Å². The van der Waals surface area contributed by atoms with E-state index in [-0.39, 0.29) is 0 Å². The fourth-order valence-corrected chi connectivity index (χ4v) is 2.45. The Morgan fingerprint density at radius 3 is 3.14 bits per heavy atom. The summed E-state index contributed by atoms with van der Waals surface area (Å²) in [6.07, 6.45) is 3.11. The van der Waals surface area contributed by atoms with Crippen molar-refractivity contribution >= 4 is 5.82 Å². The molecule has 1 aromatic heterocycles. The number of hydrogen-bond donors (Lipinski definition) is 1. The van der Waals surface area contributed by atoms with Crippen molar-refractivity contribution in [1.82, 2.24) is 15.3 Å². The first-order chi connectivity index (χ1) is 6.83. The van der Waals surface area contributed by atoms with Gasteiger partial charge in [0.1, 0.15) is 11.6 Å². The maximum absolute atomic E-state index is 4.46. The second-order valence-electron chi connectivity index (χ2n) is 4.11. The molecule has 2 fully saturated rings. The van der Waals surface area contributed by atoms with Crippen molar-refractivity contribution in [2.75, 3.05) is 18.0 Å². The molecule has 2 atom stereocenters. The summed E-state index contributed by atoms with van der Waals surface area (Å²) in [5.74, 6) is 1.95. The highest BCUT2D eigenvalue weighted by molar-refractivity contribution is 5.42. The van der Waals surface area contributed by atoms with Crippen molar-refractivity contribution in [3.05, 3.63) is 18.1 Å². The Balaban J connectivity index is 1.89.